The Balaban J connectivity index is 2.32. The lowest BCUT2D eigenvalue weighted by Gasteiger charge is -2.30. The fourth-order valence-electron chi connectivity index (χ4n) is 1.92. The van der Waals surface area contributed by atoms with Crippen molar-refractivity contribution in [2.24, 2.45) is 0 Å². The normalized spacial score (nSPS) is 15.6. The fourth-order valence-corrected chi connectivity index (χ4v) is 1.92. The predicted octanol–water partition coefficient (Wildman–Crippen LogP) is 1.62. The van der Waals surface area contributed by atoms with E-state index in [0.29, 0.717) is 18.8 Å². The minimum absolute atomic E-state index is 0.132. The number of rotatable bonds is 3. The molecule has 0 radical (unpaired) electrons. The van der Waals surface area contributed by atoms with Crippen molar-refractivity contribution in [3.05, 3.63) is 36.4 Å². The molecule has 1 saturated heterocycles. The van der Waals surface area contributed by atoms with E-state index >= 15 is 0 Å². The Morgan fingerprint density at radius 1 is 1.29 bits per heavy atom. The van der Waals surface area contributed by atoms with Gasteiger partial charge in [-0.05, 0) is 6.07 Å². The second-order valence-electron chi connectivity index (χ2n) is 3.90. The molecule has 0 atom stereocenters. The molecule has 0 unspecified atom stereocenters. The van der Waals surface area contributed by atoms with E-state index in [4.69, 9.17) is 9.84 Å². The summed E-state index contributed by atoms with van der Waals surface area (Å²) in [6, 6.07) is 7.45. The monoisotopic (exact) mass is 233 g/mol. The first kappa shape index (κ1) is 11.7. The van der Waals surface area contributed by atoms with E-state index in [9.17, 15) is 4.79 Å². The highest BCUT2D eigenvalue weighted by Crippen LogP contribution is 2.26. The van der Waals surface area contributed by atoms with Crippen molar-refractivity contribution < 1.29 is 14.6 Å². The standard InChI is InChI=1S/C13H15NO3/c1-10(13(15)16)11-4-2-3-5-12(11)14-6-8-17-9-7-14/h2-5H,1,6-9H2,(H,15,16). The van der Waals surface area contributed by atoms with E-state index in [1.54, 1.807) is 6.07 Å². The molecule has 1 fully saturated rings. The van der Waals surface area contributed by atoms with Crippen LogP contribution in [0.3, 0.4) is 0 Å². The van der Waals surface area contributed by atoms with Gasteiger partial charge in [0, 0.05) is 24.3 Å². The summed E-state index contributed by atoms with van der Waals surface area (Å²) in [5.41, 5.74) is 1.73. The molecule has 4 heteroatoms. The summed E-state index contributed by atoms with van der Waals surface area (Å²) in [7, 11) is 0. The van der Waals surface area contributed by atoms with Gasteiger partial charge in [-0.1, -0.05) is 24.8 Å². The van der Waals surface area contributed by atoms with Crippen LogP contribution >= 0.6 is 0 Å². The lowest BCUT2D eigenvalue weighted by Crippen LogP contribution is -2.36. The van der Waals surface area contributed by atoms with E-state index in [2.05, 4.69) is 11.5 Å². The molecule has 90 valence electrons. The number of hydrogen-bond donors (Lipinski definition) is 1. The van der Waals surface area contributed by atoms with Crippen LogP contribution in [0.5, 0.6) is 0 Å². The smallest absolute Gasteiger partial charge is 0.335 e. The van der Waals surface area contributed by atoms with Crippen LogP contribution in [0.1, 0.15) is 5.56 Å². The lowest BCUT2D eigenvalue weighted by molar-refractivity contribution is -0.130. The Morgan fingerprint density at radius 2 is 1.94 bits per heavy atom. The van der Waals surface area contributed by atoms with Crippen LogP contribution in [0.2, 0.25) is 0 Å². The van der Waals surface area contributed by atoms with Crippen molar-refractivity contribution in [3.8, 4) is 0 Å². The van der Waals surface area contributed by atoms with Gasteiger partial charge in [-0.3, -0.25) is 0 Å². The molecule has 0 bridgehead atoms. The van der Waals surface area contributed by atoms with Crippen LogP contribution in [0.4, 0.5) is 5.69 Å². The molecule has 1 aromatic rings. The lowest BCUT2D eigenvalue weighted by atomic mass is 10.0. The summed E-state index contributed by atoms with van der Waals surface area (Å²) < 4.78 is 5.29. The van der Waals surface area contributed by atoms with Crippen LogP contribution in [-0.4, -0.2) is 37.4 Å². The zero-order chi connectivity index (χ0) is 12.3. The number of benzene rings is 1. The maximum absolute atomic E-state index is 11.0. The van der Waals surface area contributed by atoms with Crippen molar-refractivity contribution in [2.45, 2.75) is 0 Å². The first-order valence-electron chi connectivity index (χ1n) is 5.54. The third kappa shape index (κ3) is 2.47. The van der Waals surface area contributed by atoms with Gasteiger partial charge in [-0.2, -0.15) is 0 Å². The number of nitrogens with zero attached hydrogens (tertiary/aromatic N) is 1. The Labute approximate surface area is 100 Å². The van der Waals surface area contributed by atoms with Gasteiger partial charge in [-0.15, -0.1) is 0 Å². The molecule has 4 nitrogen and oxygen atoms in total. The SMILES string of the molecule is C=C(C(=O)O)c1ccccc1N1CCOCC1. The maximum Gasteiger partial charge on any atom is 0.335 e. The quantitative estimate of drug-likeness (QED) is 0.806. The van der Waals surface area contributed by atoms with Crippen molar-refractivity contribution in [3.63, 3.8) is 0 Å². The molecule has 1 heterocycles. The number of hydrogen-bond acceptors (Lipinski definition) is 3. The summed E-state index contributed by atoms with van der Waals surface area (Å²) in [5.74, 6) is -0.981. The molecule has 17 heavy (non-hydrogen) atoms. The number of carbonyl (C=O) groups is 1. The molecule has 0 spiro atoms. The summed E-state index contributed by atoms with van der Waals surface area (Å²) in [5, 5.41) is 9.02. The molecule has 1 aliphatic rings. The van der Waals surface area contributed by atoms with Gasteiger partial charge in [0.25, 0.3) is 0 Å². The van der Waals surface area contributed by atoms with Gasteiger partial charge in [0.1, 0.15) is 0 Å². The molecule has 1 N–H and O–H groups in total. The number of anilines is 1. The van der Waals surface area contributed by atoms with E-state index < -0.39 is 5.97 Å². The molecular weight excluding hydrogens is 218 g/mol. The van der Waals surface area contributed by atoms with Crippen LogP contribution < -0.4 is 4.90 Å². The zero-order valence-corrected chi connectivity index (χ0v) is 9.56. The number of carboxylic acid groups (broad SMARTS) is 1. The van der Waals surface area contributed by atoms with E-state index in [1.165, 1.54) is 0 Å². The van der Waals surface area contributed by atoms with Crippen molar-refractivity contribution >= 4 is 17.2 Å². The Hall–Kier alpha value is -1.81. The topological polar surface area (TPSA) is 49.8 Å². The van der Waals surface area contributed by atoms with E-state index in [1.807, 2.05) is 18.2 Å². The third-order valence-electron chi connectivity index (χ3n) is 2.84. The molecule has 1 aromatic carbocycles. The highest BCUT2D eigenvalue weighted by Gasteiger charge is 2.18. The Bertz CT molecular complexity index is 436. The molecule has 0 saturated carbocycles. The number of aliphatic carboxylic acids is 1. The number of para-hydroxylation sites is 1. The largest absolute Gasteiger partial charge is 0.478 e. The van der Waals surface area contributed by atoms with Gasteiger partial charge in [-0.25, -0.2) is 4.79 Å². The van der Waals surface area contributed by atoms with Gasteiger partial charge in [0.15, 0.2) is 0 Å². The minimum atomic E-state index is -0.981. The highest BCUT2D eigenvalue weighted by molar-refractivity contribution is 6.16. The first-order valence-corrected chi connectivity index (χ1v) is 5.54. The molecule has 0 aliphatic carbocycles. The van der Waals surface area contributed by atoms with Gasteiger partial charge < -0.3 is 14.7 Å². The minimum Gasteiger partial charge on any atom is -0.478 e. The average Bonchev–Trinajstić information content (AvgIpc) is 2.39. The molecule has 1 aliphatic heterocycles. The average molecular weight is 233 g/mol. The number of ether oxygens (including phenoxy) is 1. The Morgan fingerprint density at radius 3 is 2.59 bits per heavy atom. The summed E-state index contributed by atoms with van der Waals surface area (Å²) in [4.78, 5) is 13.1. The first-order chi connectivity index (χ1) is 8.20. The third-order valence-corrected chi connectivity index (χ3v) is 2.84. The van der Waals surface area contributed by atoms with Crippen molar-refractivity contribution in [2.75, 3.05) is 31.2 Å². The van der Waals surface area contributed by atoms with Crippen LogP contribution in [-0.2, 0) is 9.53 Å². The number of carboxylic acids is 1. The van der Waals surface area contributed by atoms with Gasteiger partial charge in [0.05, 0.1) is 18.8 Å². The summed E-state index contributed by atoms with van der Waals surface area (Å²) in [6.45, 7) is 6.53. The van der Waals surface area contributed by atoms with E-state index in [0.717, 1.165) is 18.8 Å². The van der Waals surface area contributed by atoms with Crippen molar-refractivity contribution in [1.29, 1.82) is 0 Å². The molecule has 0 aromatic heterocycles. The second kappa shape index (κ2) is 5.01. The second-order valence-corrected chi connectivity index (χ2v) is 3.90. The summed E-state index contributed by atoms with van der Waals surface area (Å²) >= 11 is 0. The predicted molar refractivity (Wildman–Crippen MR) is 66.1 cm³/mol. The van der Waals surface area contributed by atoms with Gasteiger partial charge >= 0.3 is 5.97 Å². The zero-order valence-electron chi connectivity index (χ0n) is 9.56. The number of morpholine rings is 1. The Kier molecular flexibility index (Phi) is 3.44. The van der Waals surface area contributed by atoms with Crippen LogP contribution in [0.25, 0.3) is 5.57 Å². The van der Waals surface area contributed by atoms with E-state index in [-0.39, 0.29) is 5.57 Å². The van der Waals surface area contributed by atoms with Crippen LogP contribution in [0, 0.1) is 0 Å². The van der Waals surface area contributed by atoms with Gasteiger partial charge in [0.2, 0.25) is 0 Å². The molecular formula is C13H15NO3. The van der Waals surface area contributed by atoms with Crippen molar-refractivity contribution in [1.82, 2.24) is 0 Å². The highest BCUT2D eigenvalue weighted by atomic mass is 16.5. The summed E-state index contributed by atoms with van der Waals surface area (Å²) in [6.07, 6.45) is 0. The maximum atomic E-state index is 11.0. The molecule has 0 amide bonds. The molecule has 2 rings (SSSR count). The fraction of sp³-hybridized carbons (Fsp3) is 0.308. The van der Waals surface area contributed by atoms with Crippen LogP contribution in [0.15, 0.2) is 30.8 Å².